The van der Waals surface area contributed by atoms with Crippen molar-refractivity contribution < 1.29 is 47.9 Å². The summed E-state index contributed by atoms with van der Waals surface area (Å²) >= 11 is 4.99. The SMILES string of the molecule is CNC(=S)Nc1ccc(Oc2ccc(CC(=O)OC)cc2OC)c([N+](=O)[O-])c1.COC(=O)Cc1ccc(Oc2ccc(N)cc2[N+](=O)[O-])c(OC)c1. The summed E-state index contributed by atoms with van der Waals surface area (Å²) in [5, 5.41) is 28.4. The van der Waals surface area contributed by atoms with Crippen molar-refractivity contribution >= 4 is 52.0 Å². The maximum absolute atomic E-state index is 11.4. The molecule has 0 bridgehead atoms. The maximum Gasteiger partial charge on any atom is 0.313 e. The van der Waals surface area contributed by atoms with Crippen molar-refractivity contribution in [2.75, 3.05) is 46.5 Å². The van der Waals surface area contributed by atoms with Gasteiger partial charge in [-0.15, -0.1) is 0 Å². The summed E-state index contributed by atoms with van der Waals surface area (Å²) < 4.78 is 31.1. The molecule has 4 N–H and O–H groups in total. The third-order valence-electron chi connectivity index (χ3n) is 6.87. The Balaban J connectivity index is 0.000000284. The smallest absolute Gasteiger partial charge is 0.313 e. The van der Waals surface area contributed by atoms with Crippen LogP contribution in [0.15, 0.2) is 72.8 Å². The van der Waals surface area contributed by atoms with Crippen molar-refractivity contribution in [2.24, 2.45) is 0 Å². The Kier molecular flexibility index (Phi) is 14.4. The molecule has 18 heteroatoms. The van der Waals surface area contributed by atoms with Crippen LogP contribution >= 0.6 is 12.2 Å². The molecule has 4 aromatic carbocycles. The first kappa shape index (κ1) is 39.7. The second kappa shape index (κ2) is 18.9. The van der Waals surface area contributed by atoms with Gasteiger partial charge >= 0.3 is 23.3 Å². The van der Waals surface area contributed by atoms with Crippen molar-refractivity contribution in [3.8, 4) is 34.5 Å². The Morgan fingerprint density at radius 2 is 1.12 bits per heavy atom. The third-order valence-corrected chi connectivity index (χ3v) is 7.17. The molecule has 0 saturated heterocycles. The van der Waals surface area contributed by atoms with Crippen LogP contribution in [-0.4, -0.2) is 62.4 Å². The predicted molar refractivity (Wildman–Crippen MR) is 193 cm³/mol. The third kappa shape index (κ3) is 11.2. The van der Waals surface area contributed by atoms with Gasteiger partial charge in [0.05, 0.1) is 51.1 Å². The van der Waals surface area contributed by atoms with Gasteiger partial charge < -0.3 is 44.8 Å². The Hall–Kier alpha value is -6.69. The fraction of sp³-hybridized carbons (Fsp3) is 0.206. The van der Waals surface area contributed by atoms with Crippen LogP contribution in [0.4, 0.5) is 22.7 Å². The largest absolute Gasteiger partial charge is 0.493 e. The minimum Gasteiger partial charge on any atom is -0.493 e. The molecule has 274 valence electrons. The van der Waals surface area contributed by atoms with Crippen molar-refractivity contribution in [1.82, 2.24) is 5.32 Å². The predicted octanol–water partition coefficient (Wildman–Crippen LogP) is 5.72. The van der Waals surface area contributed by atoms with E-state index in [1.165, 1.54) is 58.8 Å². The van der Waals surface area contributed by atoms with E-state index in [4.69, 9.17) is 36.9 Å². The van der Waals surface area contributed by atoms with E-state index in [0.717, 1.165) is 0 Å². The van der Waals surface area contributed by atoms with E-state index in [-0.39, 0.29) is 58.9 Å². The van der Waals surface area contributed by atoms with Gasteiger partial charge in [0.15, 0.2) is 28.1 Å². The summed E-state index contributed by atoms with van der Waals surface area (Å²) in [6.45, 7) is 0. The molecule has 0 amide bonds. The molecule has 0 fully saturated rings. The zero-order valence-corrected chi connectivity index (χ0v) is 29.4. The number of methoxy groups -OCH3 is 4. The fourth-order valence-corrected chi connectivity index (χ4v) is 4.43. The van der Waals surface area contributed by atoms with Gasteiger partial charge in [-0.05, 0) is 71.9 Å². The average molecular weight is 738 g/mol. The van der Waals surface area contributed by atoms with Crippen LogP contribution in [0.25, 0.3) is 0 Å². The molecule has 0 aromatic heterocycles. The number of esters is 2. The number of nitrogens with zero attached hydrogens (tertiary/aromatic N) is 2. The van der Waals surface area contributed by atoms with Crippen molar-refractivity contribution in [3.05, 3.63) is 104 Å². The van der Waals surface area contributed by atoms with Gasteiger partial charge in [0.2, 0.25) is 11.5 Å². The van der Waals surface area contributed by atoms with Crippen LogP contribution in [0.1, 0.15) is 11.1 Å². The first-order valence-corrected chi connectivity index (χ1v) is 15.4. The summed E-state index contributed by atoms with van der Waals surface area (Å²) in [5.74, 6) is 0.494. The number of nitrogens with two attached hydrogens (primary N) is 1. The van der Waals surface area contributed by atoms with Gasteiger partial charge in [-0.2, -0.15) is 0 Å². The zero-order chi connectivity index (χ0) is 38.4. The highest BCUT2D eigenvalue weighted by atomic mass is 32.1. The summed E-state index contributed by atoms with van der Waals surface area (Å²) in [6, 6.07) is 18.2. The van der Waals surface area contributed by atoms with Crippen molar-refractivity contribution in [3.63, 3.8) is 0 Å². The average Bonchev–Trinajstić information content (AvgIpc) is 3.13. The standard InChI is InChI=1S/C18H19N3O6S.C16H16N2O6/c1-19-18(28)20-12-5-7-14(13(10-12)21(23)24)27-15-6-4-11(8-16(15)25-2)9-17(22)26-3;1-22-15-7-10(8-16(19)23-2)3-5-14(15)24-13-6-4-11(17)9-12(13)18(20)21/h4-8,10H,9H2,1-3H3,(H2,19,20,28);3-7,9H,8,17H2,1-2H3. The van der Waals surface area contributed by atoms with Crippen LogP contribution in [0.3, 0.4) is 0 Å². The van der Waals surface area contributed by atoms with Crippen molar-refractivity contribution in [1.29, 1.82) is 0 Å². The Labute approximate surface area is 302 Å². The number of thiocarbonyl (C=S) groups is 1. The van der Waals surface area contributed by atoms with Crippen LogP contribution in [0.2, 0.25) is 0 Å². The lowest BCUT2D eigenvalue weighted by atomic mass is 10.1. The quantitative estimate of drug-likeness (QED) is 0.0490. The highest BCUT2D eigenvalue weighted by molar-refractivity contribution is 7.80. The second-order valence-electron chi connectivity index (χ2n) is 10.3. The van der Waals surface area contributed by atoms with Crippen LogP contribution < -0.4 is 35.3 Å². The van der Waals surface area contributed by atoms with E-state index in [0.29, 0.717) is 33.4 Å². The number of nitro benzene ring substituents is 2. The van der Waals surface area contributed by atoms with E-state index in [1.54, 1.807) is 49.5 Å². The molecular weight excluding hydrogens is 702 g/mol. The first-order chi connectivity index (χ1) is 24.8. The number of benzene rings is 4. The van der Waals surface area contributed by atoms with E-state index in [9.17, 15) is 29.8 Å². The van der Waals surface area contributed by atoms with Crippen molar-refractivity contribution in [2.45, 2.75) is 12.8 Å². The second-order valence-corrected chi connectivity index (χ2v) is 10.7. The normalized spacial score (nSPS) is 10.0. The minimum absolute atomic E-state index is 0.0324. The Morgan fingerprint density at radius 1 is 0.673 bits per heavy atom. The molecule has 0 heterocycles. The monoisotopic (exact) mass is 737 g/mol. The van der Waals surface area contributed by atoms with E-state index >= 15 is 0 Å². The number of rotatable bonds is 13. The number of hydrogen-bond acceptors (Lipinski definition) is 14. The molecule has 17 nitrogen and oxygen atoms in total. The molecule has 52 heavy (non-hydrogen) atoms. The summed E-state index contributed by atoms with van der Waals surface area (Å²) in [6.07, 6.45) is 0.147. The molecule has 0 radical (unpaired) electrons. The lowest BCUT2D eigenvalue weighted by Crippen LogP contribution is -2.24. The highest BCUT2D eigenvalue weighted by Gasteiger charge is 2.20. The maximum atomic E-state index is 11.4. The van der Waals surface area contributed by atoms with Gasteiger partial charge in [-0.1, -0.05) is 12.1 Å². The van der Waals surface area contributed by atoms with Gasteiger partial charge in [0, 0.05) is 30.6 Å². The van der Waals surface area contributed by atoms with E-state index in [1.807, 2.05) is 0 Å². The lowest BCUT2D eigenvalue weighted by molar-refractivity contribution is -0.385. The van der Waals surface area contributed by atoms with E-state index < -0.39 is 15.8 Å². The molecule has 0 spiro atoms. The minimum atomic E-state index is -0.580. The lowest BCUT2D eigenvalue weighted by Gasteiger charge is -2.13. The summed E-state index contributed by atoms with van der Waals surface area (Å²) in [7, 11) is 7.11. The Bertz CT molecular complexity index is 1960. The number of carbonyl (C=O) groups excluding carboxylic acids is 2. The topological polar surface area (TPSA) is 226 Å². The molecule has 0 unspecified atom stereocenters. The summed E-state index contributed by atoms with van der Waals surface area (Å²) in [4.78, 5) is 44.2. The molecule has 0 saturated carbocycles. The summed E-state index contributed by atoms with van der Waals surface area (Å²) in [5.41, 5.74) is 7.09. The van der Waals surface area contributed by atoms with E-state index in [2.05, 4.69) is 20.1 Å². The highest BCUT2D eigenvalue weighted by Crippen LogP contribution is 2.39. The van der Waals surface area contributed by atoms with Gasteiger partial charge in [0.25, 0.3) is 0 Å². The van der Waals surface area contributed by atoms with Gasteiger partial charge in [-0.25, -0.2) is 0 Å². The number of anilines is 2. The number of nitrogens with one attached hydrogen (secondary N) is 2. The number of hydrogen-bond donors (Lipinski definition) is 3. The molecular formula is C34H35N5O12S. The molecule has 0 aliphatic rings. The number of nitrogen functional groups attached to an aromatic ring is 1. The van der Waals surface area contributed by atoms with Gasteiger partial charge in [-0.3, -0.25) is 29.8 Å². The van der Waals surface area contributed by atoms with Crippen LogP contribution in [0, 0.1) is 20.2 Å². The Morgan fingerprint density at radius 3 is 1.54 bits per heavy atom. The molecule has 4 aromatic rings. The number of ether oxygens (including phenoxy) is 6. The molecule has 4 rings (SSSR count). The molecule has 0 aliphatic heterocycles. The molecule has 0 atom stereocenters. The van der Waals surface area contributed by atoms with Crippen LogP contribution in [0.5, 0.6) is 34.5 Å². The number of nitro groups is 2. The zero-order valence-electron chi connectivity index (χ0n) is 28.6. The fourth-order valence-electron chi connectivity index (χ4n) is 4.31. The number of carbonyl (C=O) groups is 2. The molecule has 0 aliphatic carbocycles. The van der Waals surface area contributed by atoms with Gasteiger partial charge in [0.1, 0.15) is 0 Å². The first-order valence-electron chi connectivity index (χ1n) is 15.0. The van der Waals surface area contributed by atoms with Crippen LogP contribution in [-0.2, 0) is 31.9 Å².